The third-order valence-electron chi connectivity index (χ3n) is 3.24. The Hall–Kier alpha value is -1.76. The van der Waals surface area contributed by atoms with Gasteiger partial charge in [-0.2, -0.15) is 0 Å². The van der Waals surface area contributed by atoms with Crippen LogP contribution in [0, 0.1) is 5.92 Å². The van der Waals surface area contributed by atoms with E-state index in [2.05, 4.69) is 25.1 Å². The van der Waals surface area contributed by atoms with Gasteiger partial charge in [-0.15, -0.1) is 10.2 Å². The molecular weight excluding hydrogens is 262 g/mol. The molecule has 0 unspecified atom stereocenters. The number of aromatic nitrogens is 4. The molecule has 2 aromatic rings. The van der Waals surface area contributed by atoms with Crippen LogP contribution >= 0.6 is 11.3 Å². The molecule has 100 valence electrons. The van der Waals surface area contributed by atoms with E-state index in [4.69, 9.17) is 4.74 Å². The Morgan fingerprint density at radius 3 is 2.89 bits per heavy atom. The van der Waals surface area contributed by atoms with Crippen LogP contribution in [0.2, 0.25) is 0 Å². The summed E-state index contributed by atoms with van der Waals surface area (Å²) in [4.78, 5) is 10.4. The minimum atomic E-state index is 0.575. The second-order valence-corrected chi connectivity index (χ2v) is 5.32. The maximum atomic E-state index is 5.65. The van der Waals surface area contributed by atoms with Crippen LogP contribution in [0.5, 0.6) is 5.88 Å². The predicted molar refractivity (Wildman–Crippen MR) is 72.4 cm³/mol. The maximum absolute atomic E-state index is 5.65. The lowest BCUT2D eigenvalue weighted by molar-refractivity contribution is 0.215. The first-order chi connectivity index (χ1) is 9.42. The number of anilines is 1. The molecule has 0 spiro atoms. The van der Waals surface area contributed by atoms with Gasteiger partial charge in [0.15, 0.2) is 0 Å². The van der Waals surface area contributed by atoms with E-state index in [9.17, 15) is 0 Å². The van der Waals surface area contributed by atoms with Crippen LogP contribution in [-0.4, -0.2) is 39.9 Å². The second-order valence-electron chi connectivity index (χ2n) is 4.51. The van der Waals surface area contributed by atoms with E-state index in [-0.39, 0.29) is 0 Å². The molecule has 0 saturated carbocycles. The van der Waals surface area contributed by atoms with Crippen LogP contribution in [0.15, 0.2) is 24.1 Å². The van der Waals surface area contributed by atoms with Crippen LogP contribution in [0.3, 0.4) is 0 Å². The first kappa shape index (κ1) is 12.3. The lowest BCUT2D eigenvalue weighted by Gasteiger charge is -2.31. The summed E-state index contributed by atoms with van der Waals surface area (Å²) in [7, 11) is 0. The van der Waals surface area contributed by atoms with Gasteiger partial charge in [-0.25, -0.2) is 4.98 Å². The highest BCUT2D eigenvalue weighted by Gasteiger charge is 2.21. The minimum absolute atomic E-state index is 0.575. The number of rotatable bonds is 4. The summed E-state index contributed by atoms with van der Waals surface area (Å²) in [5.74, 6) is 1.18. The van der Waals surface area contributed by atoms with Crippen molar-refractivity contribution in [1.82, 2.24) is 20.2 Å². The van der Waals surface area contributed by atoms with E-state index >= 15 is 0 Å². The molecule has 0 aliphatic carbocycles. The summed E-state index contributed by atoms with van der Waals surface area (Å²) >= 11 is 1.60. The third kappa shape index (κ3) is 3.17. The Morgan fingerprint density at radius 1 is 1.32 bits per heavy atom. The van der Waals surface area contributed by atoms with Crippen molar-refractivity contribution < 1.29 is 4.74 Å². The Labute approximate surface area is 115 Å². The first-order valence-electron chi connectivity index (χ1n) is 6.32. The molecular formula is C12H15N5OS. The molecule has 0 bridgehead atoms. The van der Waals surface area contributed by atoms with Gasteiger partial charge >= 0.3 is 0 Å². The zero-order valence-corrected chi connectivity index (χ0v) is 11.3. The molecule has 0 aromatic carbocycles. The van der Waals surface area contributed by atoms with Gasteiger partial charge in [-0.3, -0.25) is 4.98 Å². The van der Waals surface area contributed by atoms with Gasteiger partial charge in [0.05, 0.1) is 12.8 Å². The topological polar surface area (TPSA) is 64.0 Å². The number of piperidine rings is 1. The molecule has 19 heavy (non-hydrogen) atoms. The van der Waals surface area contributed by atoms with E-state index < -0.39 is 0 Å². The highest BCUT2D eigenvalue weighted by molar-refractivity contribution is 7.13. The second kappa shape index (κ2) is 5.92. The average molecular weight is 277 g/mol. The lowest BCUT2D eigenvalue weighted by atomic mass is 9.98. The molecule has 6 nitrogen and oxygen atoms in total. The van der Waals surface area contributed by atoms with Gasteiger partial charge in [0.25, 0.3) is 0 Å². The van der Waals surface area contributed by atoms with Gasteiger partial charge in [-0.05, 0) is 18.8 Å². The zero-order valence-electron chi connectivity index (χ0n) is 10.5. The van der Waals surface area contributed by atoms with Crippen molar-refractivity contribution in [2.75, 3.05) is 24.6 Å². The number of nitrogens with zero attached hydrogens (tertiary/aromatic N) is 5. The first-order valence-corrected chi connectivity index (χ1v) is 7.20. The summed E-state index contributed by atoms with van der Waals surface area (Å²) in [6, 6.07) is 0. The fourth-order valence-electron chi connectivity index (χ4n) is 2.16. The predicted octanol–water partition coefficient (Wildman–Crippen LogP) is 1.62. The van der Waals surface area contributed by atoms with Crippen molar-refractivity contribution in [3.05, 3.63) is 24.1 Å². The summed E-state index contributed by atoms with van der Waals surface area (Å²) in [6.45, 7) is 2.75. The molecule has 2 aromatic heterocycles. The standard InChI is InChI=1S/C12H15N5OS/c1-5-17(12-16-15-9-19-12)6-2-10(1)8-18-11-7-13-3-4-14-11/h3-4,7,9-10H,1-2,5-6,8H2. The van der Waals surface area contributed by atoms with E-state index in [0.29, 0.717) is 18.4 Å². The summed E-state index contributed by atoms with van der Waals surface area (Å²) in [5, 5.41) is 9.00. The van der Waals surface area contributed by atoms with Gasteiger partial charge in [0, 0.05) is 25.5 Å². The highest BCUT2D eigenvalue weighted by Crippen LogP contribution is 2.24. The van der Waals surface area contributed by atoms with Gasteiger partial charge in [-0.1, -0.05) is 11.3 Å². The monoisotopic (exact) mass is 277 g/mol. The zero-order chi connectivity index (χ0) is 12.9. The van der Waals surface area contributed by atoms with Gasteiger partial charge in [0.1, 0.15) is 5.51 Å². The molecule has 0 radical (unpaired) electrons. The van der Waals surface area contributed by atoms with E-state index in [1.165, 1.54) is 0 Å². The normalized spacial score (nSPS) is 16.5. The van der Waals surface area contributed by atoms with Crippen LogP contribution in [0.4, 0.5) is 5.13 Å². The summed E-state index contributed by atoms with van der Waals surface area (Å²) in [5.41, 5.74) is 1.78. The van der Waals surface area contributed by atoms with Crippen LogP contribution in [0.25, 0.3) is 0 Å². The van der Waals surface area contributed by atoms with Crippen molar-refractivity contribution >= 4 is 16.5 Å². The summed E-state index contributed by atoms with van der Waals surface area (Å²) in [6.07, 6.45) is 7.16. The van der Waals surface area contributed by atoms with Crippen LogP contribution in [-0.2, 0) is 0 Å². The third-order valence-corrected chi connectivity index (χ3v) is 3.99. The molecule has 7 heteroatoms. The quantitative estimate of drug-likeness (QED) is 0.846. The Kier molecular flexibility index (Phi) is 3.83. The van der Waals surface area contributed by atoms with Crippen molar-refractivity contribution in [2.24, 2.45) is 5.92 Å². The van der Waals surface area contributed by atoms with Crippen molar-refractivity contribution in [1.29, 1.82) is 0 Å². The van der Waals surface area contributed by atoms with E-state index in [1.807, 2.05) is 0 Å². The van der Waals surface area contributed by atoms with Crippen molar-refractivity contribution in [3.63, 3.8) is 0 Å². The molecule has 0 atom stereocenters. The number of ether oxygens (including phenoxy) is 1. The average Bonchev–Trinajstić information content (AvgIpc) is 3.01. The SMILES string of the molecule is c1cnc(OCC2CCN(c3nncs3)CC2)cn1. The van der Waals surface area contributed by atoms with E-state index in [0.717, 1.165) is 31.1 Å². The van der Waals surface area contributed by atoms with Crippen LogP contribution in [0.1, 0.15) is 12.8 Å². The Morgan fingerprint density at radius 2 is 2.21 bits per heavy atom. The molecule has 1 aliphatic heterocycles. The Balaban J connectivity index is 1.46. The Bertz CT molecular complexity index is 484. The molecule has 1 fully saturated rings. The maximum Gasteiger partial charge on any atom is 0.232 e. The van der Waals surface area contributed by atoms with Gasteiger partial charge < -0.3 is 9.64 Å². The highest BCUT2D eigenvalue weighted by atomic mass is 32.1. The van der Waals surface area contributed by atoms with Crippen molar-refractivity contribution in [3.8, 4) is 5.88 Å². The number of hydrogen-bond acceptors (Lipinski definition) is 7. The summed E-state index contributed by atoms with van der Waals surface area (Å²) < 4.78 is 5.65. The largest absolute Gasteiger partial charge is 0.476 e. The molecule has 1 aliphatic rings. The molecule has 3 heterocycles. The fraction of sp³-hybridized carbons (Fsp3) is 0.500. The van der Waals surface area contributed by atoms with Crippen molar-refractivity contribution in [2.45, 2.75) is 12.8 Å². The van der Waals surface area contributed by atoms with E-state index in [1.54, 1.807) is 35.4 Å². The minimum Gasteiger partial charge on any atom is -0.476 e. The van der Waals surface area contributed by atoms with Gasteiger partial charge in [0.2, 0.25) is 11.0 Å². The smallest absolute Gasteiger partial charge is 0.232 e. The lowest BCUT2D eigenvalue weighted by Crippen LogP contribution is -2.35. The molecule has 3 rings (SSSR count). The fourth-order valence-corrected chi connectivity index (χ4v) is 2.77. The molecule has 0 amide bonds. The number of hydrogen-bond donors (Lipinski definition) is 0. The molecule has 1 saturated heterocycles. The van der Waals surface area contributed by atoms with Crippen LogP contribution < -0.4 is 9.64 Å². The molecule has 0 N–H and O–H groups in total.